The lowest BCUT2D eigenvalue weighted by Crippen LogP contribution is -2.53. The molecule has 2 amide bonds. The Balaban J connectivity index is 2.26. The molecular weight excluding hydrogens is 505 g/mol. The number of amides is 2. The van der Waals surface area contributed by atoms with Gasteiger partial charge in [-0.3, -0.25) is 13.9 Å². The molecule has 0 radical (unpaired) electrons. The summed E-state index contributed by atoms with van der Waals surface area (Å²) in [6.45, 7) is 7.44. The molecule has 0 fully saturated rings. The number of halogens is 2. The molecule has 0 saturated carbocycles. The number of sulfonamides is 1. The molecule has 0 aliphatic heterocycles. The van der Waals surface area contributed by atoms with Crippen molar-refractivity contribution in [3.8, 4) is 0 Å². The largest absolute Gasteiger partial charge is 0.350 e. The summed E-state index contributed by atoms with van der Waals surface area (Å²) in [6.07, 6.45) is 1.47. The Hall–Kier alpha value is -2.65. The number of carbonyl (C=O) groups excluding carboxylic acids is 2. The third kappa shape index (κ3) is 8.48. The summed E-state index contributed by atoms with van der Waals surface area (Å²) in [6, 6.07) is 11.9. The van der Waals surface area contributed by atoms with E-state index in [0.717, 1.165) is 10.6 Å². The number of nitrogens with one attached hydrogen (secondary N) is 1. The number of rotatable bonds is 11. The minimum absolute atomic E-state index is 0.0375. The standard InChI is InChI=1S/C26H35ClFN3O4S/c1-6-22(25(33)29-26(2,3)4)30(18-19-12-7-8-13-20(19)27)24(32)16-11-17-31(36(5,34)35)23-15-10-9-14-21(23)28/h7-10,12-15,22H,6,11,16-18H2,1-5H3,(H,29,33)/t22-/m1/s1. The molecule has 0 bridgehead atoms. The molecule has 10 heteroatoms. The topological polar surface area (TPSA) is 86.8 Å². The van der Waals surface area contributed by atoms with Crippen LogP contribution in [0.25, 0.3) is 0 Å². The van der Waals surface area contributed by atoms with E-state index in [1.54, 1.807) is 30.3 Å². The Kier molecular flexibility index (Phi) is 10.3. The number of para-hydroxylation sites is 1. The number of carbonyl (C=O) groups is 2. The SMILES string of the molecule is CC[C@H](C(=O)NC(C)(C)C)N(Cc1ccccc1Cl)C(=O)CCCN(c1ccccc1F)S(C)(=O)=O. The lowest BCUT2D eigenvalue weighted by Gasteiger charge is -2.33. The minimum Gasteiger partial charge on any atom is -0.350 e. The molecule has 0 unspecified atom stereocenters. The van der Waals surface area contributed by atoms with Gasteiger partial charge in [0.05, 0.1) is 11.9 Å². The van der Waals surface area contributed by atoms with Gasteiger partial charge in [-0.15, -0.1) is 0 Å². The van der Waals surface area contributed by atoms with E-state index in [-0.39, 0.29) is 43.4 Å². The van der Waals surface area contributed by atoms with Gasteiger partial charge in [0.1, 0.15) is 11.9 Å². The van der Waals surface area contributed by atoms with Gasteiger partial charge in [0.25, 0.3) is 0 Å². The molecule has 0 saturated heterocycles. The number of nitrogens with zero attached hydrogens (tertiary/aromatic N) is 2. The molecule has 36 heavy (non-hydrogen) atoms. The van der Waals surface area contributed by atoms with Crippen molar-refractivity contribution < 1.29 is 22.4 Å². The second kappa shape index (κ2) is 12.5. The van der Waals surface area contributed by atoms with Gasteiger partial charge in [0.2, 0.25) is 21.8 Å². The van der Waals surface area contributed by atoms with Gasteiger partial charge in [-0.1, -0.05) is 48.9 Å². The molecule has 0 heterocycles. The second-order valence-electron chi connectivity index (χ2n) is 9.67. The summed E-state index contributed by atoms with van der Waals surface area (Å²) in [5, 5.41) is 3.41. The Bertz CT molecular complexity index is 1170. The van der Waals surface area contributed by atoms with Crippen molar-refractivity contribution in [1.29, 1.82) is 0 Å². The quantitative estimate of drug-likeness (QED) is 0.446. The fourth-order valence-corrected chi connectivity index (χ4v) is 4.98. The summed E-state index contributed by atoms with van der Waals surface area (Å²) in [5.41, 5.74) is 0.134. The predicted octanol–water partition coefficient (Wildman–Crippen LogP) is 4.75. The van der Waals surface area contributed by atoms with Crippen molar-refractivity contribution in [2.24, 2.45) is 0 Å². The maximum absolute atomic E-state index is 14.3. The van der Waals surface area contributed by atoms with Gasteiger partial charge in [0, 0.05) is 30.1 Å². The highest BCUT2D eigenvalue weighted by atomic mass is 35.5. The fourth-order valence-electron chi connectivity index (χ4n) is 3.82. The summed E-state index contributed by atoms with van der Waals surface area (Å²) < 4.78 is 39.9. The van der Waals surface area contributed by atoms with Crippen LogP contribution in [0, 0.1) is 5.82 Å². The minimum atomic E-state index is -3.78. The van der Waals surface area contributed by atoms with Crippen LogP contribution >= 0.6 is 11.6 Å². The normalized spacial score (nSPS) is 12.6. The molecule has 7 nitrogen and oxygen atoms in total. The molecule has 2 aromatic rings. The van der Waals surface area contributed by atoms with E-state index in [1.807, 2.05) is 27.7 Å². The van der Waals surface area contributed by atoms with Gasteiger partial charge < -0.3 is 10.2 Å². The van der Waals surface area contributed by atoms with Crippen LogP contribution in [0.1, 0.15) is 52.5 Å². The van der Waals surface area contributed by atoms with E-state index >= 15 is 0 Å². The smallest absolute Gasteiger partial charge is 0.243 e. The van der Waals surface area contributed by atoms with E-state index in [4.69, 9.17) is 11.6 Å². The van der Waals surface area contributed by atoms with Crippen molar-refractivity contribution >= 4 is 39.1 Å². The van der Waals surface area contributed by atoms with Crippen LogP contribution in [0.15, 0.2) is 48.5 Å². The summed E-state index contributed by atoms with van der Waals surface area (Å²) in [4.78, 5) is 28.0. The van der Waals surface area contributed by atoms with E-state index in [0.29, 0.717) is 17.0 Å². The molecule has 0 aliphatic rings. The van der Waals surface area contributed by atoms with Crippen LogP contribution in [0.2, 0.25) is 5.02 Å². The molecule has 1 atom stereocenters. The molecular formula is C26H35ClFN3O4S. The Morgan fingerprint density at radius 2 is 1.69 bits per heavy atom. The Morgan fingerprint density at radius 3 is 2.25 bits per heavy atom. The predicted molar refractivity (Wildman–Crippen MR) is 142 cm³/mol. The van der Waals surface area contributed by atoms with Gasteiger partial charge in [0.15, 0.2) is 0 Å². The highest BCUT2D eigenvalue weighted by Crippen LogP contribution is 2.24. The summed E-state index contributed by atoms with van der Waals surface area (Å²) in [5.74, 6) is -1.28. The first-order chi connectivity index (χ1) is 16.7. The van der Waals surface area contributed by atoms with Crippen molar-refractivity contribution in [1.82, 2.24) is 10.2 Å². The van der Waals surface area contributed by atoms with Crippen molar-refractivity contribution in [2.75, 3.05) is 17.1 Å². The van der Waals surface area contributed by atoms with E-state index < -0.39 is 27.4 Å². The molecule has 0 aromatic heterocycles. The van der Waals surface area contributed by atoms with Crippen LogP contribution in [0.4, 0.5) is 10.1 Å². The maximum atomic E-state index is 14.3. The highest BCUT2D eigenvalue weighted by molar-refractivity contribution is 7.92. The number of benzene rings is 2. The first-order valence-corrected chi connectivity index (χ1v) is 14.0. The third-order valence-electron chi connectivity index (χ3n) is 5.46. The summed E-state index contributed by atoms with van der Waals surface area (Å²) >= 11 is 6.34. The number of anilines is 1. The van der Waals surface area contributed by atoms with Gasteiger partial charge >= 0.3 is 0 Å². The van der Waals surface area contributed by atoms with E-state index in [9.17, 15) is 22.4 Å². The third-order valence-corrected chi connectivity index (χ3v) is 7.00. The first kappa shape index (κ1) is 29.6. The zero-order valence-electron chi connectivity index (χ0n) is 21.4. The van der Waals surface area contributed by atoms with Crippen LogP contribution < -0.4 is 9.62 Å². The van der Waals surface area contributed by atoms with E-state index in [2.05, 4.69) is 5.32 Å². The molecule has 198 valence electrons. The Morgan fingerprint density at radius 1 is 1.08 bits per heavy atom. The fraction of sp³-hybridized carbons (Fsp3) is 0.462. The summed E-state index contributed by atoms with van der Waals surface area (Å²) in [7, 11) is -3.78. The average molecular weight is 540 g/mol. The Labute approximate surface area is 218 Å². The van der Waals surface area contributed by atoms with Gasteiger partial charge in [-0.25, -0.2) is 12.8 Å². The zero-order valence-corrected chi connectivity index (χ0v) is 23.0. The van der Waals surface area contributed by atoms with Crippen molar-refractivity contribution in [2.45, 2.75) is 65.1 Å². The molecule has 0 aliphatic carbocycles. The number of hydrogen-bond donors (Lipinski definition) is 1. The van der Waals surface area contributed by atoms with Gasteiger partial charge in [-0.05, 0) is 57.4 Å². The van der Waals surface area contributed by atoms with Crippen LogP contribution in [-0.2, 0) is 26.2 Å². The zero-order chi connectivity index (χ0) is 27.1. The maximum Gasteiger partial charge on any atom is 0.243 e. The average Bonchev–Trinajstić information content (AvgIpc) is 2.76. The van der Waals surface area contributed by atoms with Crippen LogP contribution in [0.3, 0.4) is 0 Å². The molecule has 1 N–H and O–H groups in total. The lowest BCUT2D eigenvalue weighted by molar-refractivity contribution is -0.142. The van der Waals surface area contributed by atoms with Crippen LogP contribution in [-0.4, -0.2) is 49.5 Å². The van der Waals surface area contributed by atoms with E-state index in [1.165, 1.54) is 23.1 Å². The van der Waals surface area contributed by atoms with Crippen molar-refractivity contribution in [3.63, 3.8) is 0 Å². The van der Waals surface area contributed by atoms with Crippen LogP contribution in [0.5, 0.6) is 0 Å². The van der Waals surface area contributed by atoms with Crippen molar-refractivity contribution in [3.05, 3.63) is 64.9 Å². The first-order valence-electron chi connectivity index (χ1n) is 11.8. The lowest BCUT2D eigenvalue weighted by atomic mass is 10.0. The molecule has 2 aromatic carbocycles. The molecule has 2 rings (SSSR count). The monoisotopic (exact) mass is 539 g/mol. The number of hydrogen-bond acceptors (Lipinski definition) is 4. The van der Waals surface area contributed by atoms with Gasteiger partial charge in [-0.2, -0.15) is 0 Å². The molecule has 0 spiro atoms. The second-order valence-corrected chi connectivity index (χ2v) is 12.0. The highest BCUT2D eigenvalue weighted by Gasteiger charge is 2.31.